The second-order valence-electron chi connectivity index (χ2n) is 13.4. The maximum absolute atomic E-state index is 10.4. The zero-order chi connectivity index (χ0) is 32.4. The van der Waals surface area contributed by atoms with Crippen molar-refractivity contribution in [1.82, 2.24) is 0 Å². The lowest BCUT2D eigenvalue weighted by Crippen LogP contribution is -2.50. The van der Waals surface area contributed by atoms with Crippen molar-refractivity contribution in [3.63, 3.8) is 0 Å². The van der Waals surface area contributed by atoms with E-state index in [9.17, 15) is 20.4 Å². The van der Waals surface area contributed by atoms with Gasteiger partial charge in [-0.05, 0) is 12.8 Å². The van der Waals surface area contributed by atoms with E-state index in [0.29, 0.717) is 13.2 Å². The molecule has 0 saturated heterocycles. The average Bonchev–Trinajstić information content (AvgIpc) is 3.04. The first-order valence-electron chi connectivity index (χ1n) is 19.4. The zero-order valence-electron chi connectivity index (χ0n) is 29.5. The van der Waals surface area contributed by atoms with E-state index in [1.54, 1.807) is 0 Å². The largest absolute Gasteiger partial charge is 0.394 e. The Bertz CT molecular complexity index is 487. The third-order valence-corrected chi connectivity index (χ3v) is 9.07. The van der Waals surface area contributed by atoms with Gasteiger partial charge in [-0.2, -0.15) is 0 Å². The highest BCUT2D eigenvalue weighted by atomic mass is 16.6. The molecule has 0 unspecified atom stereocenters. The molecule has 0 fully saturated rings. The minimum Gasteiger partial charge on any atom is -0.394 e. The summed E-state index contributed by atoms with van der Waals surface area (Å²) in [6.45, 7) is 4.47. The summed E-state index contributed by atoms with van der Waals surface area (Å²) < 4.78 is 11.9. The monoisotopic (exact) mass is 631 g/mol. The van der Waals surface area contributed by atoms with Gasteiger partial charge in [0.2, 0.25) is 0 Å². The number of aliphatic hydroxyl groups excluding tert-OH is 4. The van der Waals surface area contributed by atoms with Crippen LogP contribution in [0.3, 0.4) is 0 Å². The van der Waals surface area contributed by atoms with Crippen LogP contribution in [0.4, 0.5) is 0 Å². The molecule has 0 rings (SSSR count). The Morgan fingerprint density at radius 1 is 0.341 bits per heavy atom. The highest BCUT2D eigenvalue weighted by molar-refractivity contribution is 4.84. The van der Waals surface area contributed by atoms with Crippen LogP contribution >= 0.6 is 0 Å². The number of hydrogen-bond acceptors (Lipinski definition) is 6. The molecular formula is C38H78O6. The fourth-order valence-electron chi connectivity index (χ4n) is 6.09. The van der Waals surface area contributed by atoms with Crippen LogP contribution in [0.5, 0.6) is 0 Å². The number of unbranched alkanes of at least 4 members (excludes halogenated alkanes) is 26. The molecule has 0 aliphatic carbocycles. The van der Waals surface area contributed by atoms with Crippen molar-refractivity contribution in [2.45, 2.75) is 218 Å². The fraction of sp³-hybridized carbons (Fsp3) is 1.00. The minimum atomic E-state index is -1.16. The van der Waals surface area contributed by atoms with E-state index in [-0.39, 0.29) is 0 Å². The van der Waals surface area contributed by atoms with Gasteiger partial charge in [-0.3, -0.25) is 0 Å². The Morgan fingerprint density at radius 3 is 0.750 bits per heavy atom. The Morgan fingerprint density at radius 2 is 0.545 bits per heavy atom. The highest BCUT2D eigenvalue weighted by Crippen LogP contribution is 2.18. The van der Waals surface area contributed by atoms with Gasteiger partial charge in [0.1, 0.15) is 24.4 Å². The summed E-state index contributed by atoms with van der Waals surface area (Å²) in [5, 5.41) is 40.1. The molecule has 0 saturated carbocycles. The van der Waals surface area contributed by atoms with Crippen LogP contribution in [0.25, 0.3) is 0 Å². The van der Waals surface area contributed by atoms with E-state index in [1.807, 2.05) is 0 Å². The third kappa shape index (κ3) is 28.0. The van der Waals surface area contributed by atoms with Crippen molar-refractivity contribution in [3.8, 4) is 0 Å². The fourth-order valence-corrected chi connectivity index (χ4v) is 6.09. The molecule has 6 nitrogen and oxygen atoms in total. The summed E-state index contributed by atoms with van der Waals surface area (Å²) in [4.78, 5) is 0. The van der Waals surface area contributed by atoms with Crippen molar-refractivity contribution < 1.29 is 29.9 Å². The lowest BCUT2D eigenvalue weighted by Gasteiger charge is -2.32. The summed E-state index contributed by atoms with van der Waals surface area (Å²) in [5.74, 6) is 0. The number of aliphatic hydroxyl groups is 4. The van der Waals surface area contributed by atoms with E-state index in [4.69, 9.17) is 9.47 Å². The predicted molar refractivity (Wildman–Crippen MR) is 186 cm³/mol. The molecular weight excluding hydrogens is 552 g/mol. The highest BCUT2D eigenvalue weighted by Gasteiger charge is 2.34. The second kappa shape index (κ2) is 35.6. The van der Waals surface area contributed by atoms with Crippen LogP contribution in [-0.4, -0.2) is 71.3 Å². The Balaban J connectivity index is 3.99. The Hall–Kier alpha value is -0.240. The summed E-state index contributed by atoms with van der Waals surface area (Å²) in [5.41, 5.74) is 0. The van der Waals surface area contributed by atoms with Crippen LogP contribution < -0.4 is 0 Å². The zero-order valence-corrected chi connectivity index (χ0v) is 29.5. The molecule has 0 heterocycles. The number of hydrogen-bond donors (Lipinski definition) is 4. The van der Waals surface area contributed by atoms with Crippen molar-refractivity contribution in [1.29, 1.82) is 0 Å². The second-order valence-corrected chi connectivity index (χ2v) is 13.4. The van der Waals surface area contributed by atoms with Crippen LogP contribution in [0, 0.1) is 0 Å². The van der Waals surface area contributed by atoms with Crippen LogP contribution in [0.2, 0.25) is 0 Å². The molecule has 4 N–H and O–H groups in total. The van der Waals surface area contributed by atoms with Crippen molar-refractivity contribution in [3.05, 3.63) is 0 Å². The molecule has 0 aromatic heterocycles. The summed E-state index contributed by atoms with van der Waals surface area (Å²) >= 11 is 0. The molecule has 4 atom stereocenters. The summed E-state index contributed by atoms with van der Waals surface area (Å²) in [6, 6.07) is 0. The SMILES string of the molecule is CCCCCCCCCCCCCCCCO[C@@H]([C@H](OCCCCCCCCCCCCCCCC)[C@H](O)CO)[C@H](O)CO. The Kier molecular flexibility index (Phi) is 35.4. The lowest BCUT2D eigenvalue weighted by atomic mass is 10.0. The van der Waals surface area contributed by atoms with Gasteiger partial charge in [-0.25, -0.2) is 0 Å². The third-order valence-electron chi connectivity index (χ3n) is 9.07. The maximum atomic E-state index is 10.4. The smallest absolute Gasteiger partial charge is 0.114 e. The van der Waals surface area contributed by atoms with Gasteiger partial charge in [0, 0.05) is 13.2 Å². The van der Waals surface area contributed by atoms with E-state index >= 15 is 0 Å². The first kappa shape index (κ1) is 43.8. The van der Waals surface area contributed by atoms with Gasteiger partial charge in [0.25, 0.3) is 0 Å². The van der Waals surface area contributed by atoms with Gasteiger partial charge in [-0.1, -0.05) is 181 Å². The van der Waals surface area contributed by atoms with Gasteiger partial charge in [0.15, 0.2) is 0 Å². The molecule has 266 valence electrons. The van der Waals surface area contributed by atoms with Crippen LogP contribution in [0.15, 0.2) is 0 Å². The molecule has 6 heteroatoms. The van der Waals surface area contributed by atoms with E-state index < -0.39 is 37.6 Å². The minimum absolute atomic E-state index is 0.441. The quantitative estimate of drug-likeness (QED) is 0.0510. The van der Waals surface area contributed by atoms with E-state index in [0.717, 1.165) is 25.7 Å². The van der Waals surface area contributed by atoms with Crippen molar-refractivity contribution in [2.24, 2.45) is 0 Å². The van der Waals surface area contributed by atoms with E-state index in [1.165, 1.54) is 154 Å². The van der Waals surface area contributed by atoms with Crippen molar-refractivity contribution in [2.75, 3.05) is 26.4 Å². The molecule has 0 bridgehead atoms. The molecule has 0 aliphatic heterocycles. The summed E-state index contributed by atoms with van der Waals surface area (Å²) in [7, 11) is 0. The summed E-state index contributed by atoms with van der Waals surface area (Å²) in [6.07, 6.45) is 31.9. The van der Waals surface area contributed by atoms with Crippen molar-refractivity contribution >= 4 is 0 Å². The molecule has 0 amide bonds. The topological polar surface area (TPSA) is 99.4 Å². The first-order chi connectivity index (χ1) is 21.6. The molecule has 0 aromatic rings. The Labute approximate surface area is 274 Å². The molecule has 0 radical (unpaired) electrons. The lowest BCUT2D eigenvalue weighted by molar-refractivity contribution is -0.170. The maximum Gasteiger partial charge on any atom is 0.114 e. The molecule has 0 aromatic carbocycles. The molecule has 44 heavy (non-hydrogen) atoms. The van der Waals surface area contributed by atoms with Gasteiger partial charge in [-0.15, -0.1) is 0 Å². The number of rotatable bonds is 37. The normalized spacial score (nSPS) is 14.6. The van der Waals surface area contributed by atoms with Gasteiger partial charge in [0.05, 0.1) is 13.2 Å². The number of ether oxygens (including phenoxy) is 2. The van der Waals surface area contributed by atoms with Gasteiger partial charge < -0.3 is 29.9 Å². The molecule has 0 aliphatic rings. The van der Waals surface area contributed by atoms with E-state index in [2.05, 4.69) is 13.8 Å². The average molecular weight is 631 g/mol. The predicted octanol–water partition coefficient (Wildman–Crippen LogP) is 9.43. The standard InChI is InChI=1S/C38H78O6/c1-3-5-7-9-11-13-15-17-19-21-23-25-27-29-31-43-37(35(41)33-39)38(36(42)34-40)44-32-30-28-26-24-22-20-18-16-14-12-10-8-6-4-2/h35-42H,3-34H2,1-2H3/t35-,36-,37-,38-/m1/s1. The first-order valence-corrected chi connectivity index (χ1v) is 19.4. The van der Waals surface area contributed by atoms with Crippen LogP contribution in [-0.2, 0) is 9.47 Å². The van der Waals surface area contributed by atoms with Crippen LogP contribution in [0.1, 0.15) is 194 Å². The molecule has 0 spiro atoms. The van der Waals surface area contributed by atoms with Gasteiger partial charge >= 0.3 is 0 Å².